The van der Waals surface area contributed by atoms with Gasteiger partial charge in [-0.15, -0.1) is 0 Å². The van der Waals surface area contributed by atoms with E-state index in [1.807, 2.05) is 12.1 Å². The quantitative estimate of drug-likeness (QED) is 0.805. The molecule has 0 saturated carbocycles. The van der Waals surface area contributed by atoms with Crippen molar-refractivity contribution in [3.05, 3.63) is 23.2 Å². The fourth-order valence-electron chi connectivity index (χ4n) is 4.17. The molecule has 6 nitrogen and oxygen atoms in total. The Bertz CT molecular complexity index is 813. The number of carbonyl (C=O) groups is 1. The van der Waals surface area contributed by atoms with Crippen molar-refractivity contribution < 1.29 is 9.21 Å². The average Bonchev–Trinajstić information content (AvgIpc) is 3.10. The number of halogens is 1. The van der Waals surface area contributed by atoms with Crippen molar-refractivity contribution in [1.82, 2.24) is 14.8 Å². The molecular weight excluding hydrogens is 364 g/mol. The highest BCUT2D eigenvalue weighted by Gasteiger charge is 2.32. The predicted octanol–water partition coefficient (Wildman–Crippen LogP) is 3.25. The summed E-state index contributed by atoms with van der Waals surface area (Å²) in [6, 6.07) is 6.60. The summed E-state index contributed by atoms with van der Waals surface area (Å²) in [4.78, 5) is 24.0. The summed E-state index contributed by atoms with van der Waals surface area (Å²) in [5, 5.41) is 0.645. The number of fused-ring (bicyclic) bond motifs is 1. The standard InChI is InChI=1S/C20H27ClN4O2/c1-23(2)16-4-3-9-25(13-16)19(26)14-7-10-24(11-8-14)20-22-17-6-5-15(21)12-18(17)27-20/h5-6,12,14,16H,3-4,7-11,13H2,1-2H3. The summed E-state index contributed by atoms with van der Waals surface area (Å²) in [5.41, 5.74) is 1.52. The third kappa shape index (κ3) is 3.92. The molecule has 2 saturated heterocycles. The number of piperidine rings is 2. The molecule has 1 aromatic heterocycles. The number of carbonyl (C=O) groups excluding carboxylic acids is 1. The van der Waals surface area contributed by atoms with Gasteiger partial charge in [0.25, 0.3) is 6.01 Å². The van der Waals surface area contributed by atoms with Crippen LogP contribution in [0.2, 0.25) is 5.02 Å². The fourth-order valence-corrected chi connectivity index (χ4v) is 4.34. The van der Waals surface area contributed by atoms with Gasteiger partial charge in [0.15, 0.2) is 5.58 Å². The van der Waals surface area contributed by atoms with Crippen LogP contribution in [0.3, 0.4) is 0 Å². The van der Waals surface area contributed by atoms with Crippen molar-refractivity contribution >= 4 is 34.6 Å². The molecule has 1 aromatic carbocycles. The van der Waals surface area contributed by atoms with Crippen LogP contribution in [-0.2, 0) is 4.79 Å². The summed E-state index contributed by atoms with van der Waals surface area (Å²) in [6.07, 6.45) is 3.97. The molecule has 146 valence electrons. The summed E-state index contributed by atoms with van der Waals surface area (Å²) >= 11 is 6.02. The maximum absolute atomic E-state index is 13.0. The molecule has 7 heteroatoms. The van der Waals surface area contributed by atoms with Gasteiger partial charge in [-0.1, -0.05) is 11.6 Å². The van der Waals surface area contributed by atoms with Crippen molar-refractivity contribution in [3.8, 4) is 0 Å². The first-order valence-electron chi connectivity index (χ1n) is 9.77. The van der Waals surface area contributed by atoms with E-state index in [9.17, 15) is 4.79 Å². The molecule has 3 heterocycles. The summed E-state index contributed by atoms with van der Waals surface area (Å²) in [7, 11) is 4.20. The van der Waals surface area contributed by atoms with Gasteiger partial charge in [-0.2, -0.15) is 4.98 Å². The minimum absolute atomic E-state index is 0.112. The van der Waals surface area contributed by atoms with Gasteiger partial charge >= 0.3 is 0 Å². The molecule has 0 bridgehead atoms. The first-order chi connectivity index (χ1) is 13.0. The monoisotopic (exact) mass is 390 g/mol. The minimum atomic E-state index is 0.112. The maximum atomic E-state index is 13.0. The smallest absolute Gasteiger partial charge is 0.298 e. The Morgan fingerprint density at radius 1 is 1.22 bits per heavy atom. The van der Waals surface area contributed by atoms with Crippen LogP contribution < -0.4 is 4.90 Å². The third-order valence-corrected chi connectivity index (χ3v) is 6.13. The normalized spacial score (nSPS) is 22.0. The summed E-state index contributed by atoms with van der Waals surface area (Å²) in [6.45, 7) is 3.34. The Kier molecular flexibility index (Phi) is 5.28. The van der Waals surface area contributed by atoms with E-state index in [0.29, 0.717) is 28.6 Å². The Morgan fingerprint density at radius 2 is 2.00 bits per heavy atom. The lowest BCUT2D eigenvalue weighted by atomic mass is 9.94. The number of amides is 1. The summed E-state index contributed by atoms with van der Waals surface area (Å²) in [5.74, 6) is 0.437. The van der Waals surface area contributed by atoms with E-state index in [0.717, 1.165) is 51.0 Å². The first kappa shape index (κ1) is 18.6. The number of aromatic nitrogens is 1. The van der Waals surface area contributed by atoms with E-state index in [1.54, 1.807) is 6.07 Å². The predicted molar refractivity (Wildman–Crippen MR) is 107 cm³/mol. The number of likely N-dealkylation sites (N-methyl/N-ethyl adjacent to an activating group) is 1. The number of benzene rings is 1. The minimum Gasteiger partial charge on any atom is -0.423 e. The van der Waals surface area contributed by atoms with Crippen LogP contribution in [0.5, 0.6) is 0 Å². The zero-order valence-electron chi connectivity index (χ0n) is 16.0. The van der Waals surface area contributed by atoms with Crippen LogP contribution in [-0.4, -0.2) is 67.0 Å². The zero-order chi connectivity index (χ0) is 19.0. The zero-order valence-corrected chi connectivity index (χ0v) is 16.8. The second kappa shape index (κ2) is 7.68. The molecule has 2 aromatic rings. The molecule has 27 heavy (non-hydrogen) atoms. The average molecular weight is 391 g/mol. The Morgan fingerprint density at radius 3 is 2.74 bits per heavy atom. The number of hydrogen-bond donors (Lipinski definition) is 0. The highest BCUT2D eigenvalue weighted by Crippen LogP contribution is 2.29. The van der Waals surface area contributed by atoms with Gasteiger partial charge in [0.2, 0.25) is 5.91 Å². The topological polar surface area (TPSA) is 52.8 Å². The second-order valence-electron chi connectivity index (χ2n) is 7.91. The van der Waals surface area contributed by atoms with Crippen LogP contribution in [0.25, 0.3) is 11.1 Å². The van der Waals surface area contributed by atoms with Crippen molar-refractivity contribution in [3.63, 3.8) is 0 Å². The van der Waals surface area contributed by atoms with E-state index in [2.05, 4.69) is 33.8 Å². The Hall–Kier alpha value is -1.79. The molecule has 2 aliphatic rings. The SMILES string of the molecule is CN(C)C1CCCN(C(=O)C2CCN(c3nc4ccc(Cl)cc4o3)CC2)C1. The van der Waals surface area contributed by atoms with Crippen molar-refractivity contribution in [2.75, 3.05) is 45.2 Å². The van der Waals surface area contributed by atoms with E-state index < -0.39 is 0 Å². The van der Waals surface area contributed by atoms with Crippen LogP contribution >= 0.6 is 11.6 Å². The molecule has 1 atom stereocenters. The highest BCUT2D eigenvalue weighted by atomic mass is 35.5. The largest absolute Gasteiger partial charge is 0.423 e. The Balaban J connectivity index is 1.37. The van der Waals surface area contributed by atoms with Gasteiger partial charge in [0.1, 0.15) is 5.52 Å². The molecular formula is C20H27ClN4O2. The number of oxazole rings is 1. The van der Waals surface area contributed by atoms with Gasteiger partial charge in [-0.05, 0) is 51.9 Å². The van der Waals surface area contributed by atoms with Crippen molar-refractivity contribution in [2.24, 2.45) is 5.92 Å². The van der Waals surface area contributed by atoms with Gasteiger partial charge in [-0.25, -0.2) is 0 Å². The van der Waals surface area contributed by atoms with E-state index in [4.69, 9.17) is 16.0 Å². The summed E-state index contributed by atoms with van der Waals surface area (Å²) < 4.78 is 5.87. The van der Waals surface area contributed by atoms with Crippen molar-refractivity contribution in [2.45, 2.75) is 31.7 Å². The van der Waals surface area contributed by atoms with Gasteiger partial charge in [0, 0.05) is 49.2 Å². The molecule has 2 fully saturated rings. The van der Waals surface area contributed by atoms with Gasteiger partial charge in [0.05, 0.1) is 0 Å². The lowest BCUT2D eigenvalue weighted by Gasteiger charge is -2.39. The van der Waals surface area contributed by atoms with E-state index in [1.165, 1.54) is 6.42 Å². The lowest BCUT2D eigenvalue weighted by Crippen LogP contribution is -2.50. The Labute approximate surface area is 165 Å². The molecule has 0 N–H and O–H groups in total. The third-order valence-electron chi connectivity index (χ3n) is 5.89. The number of likely N-dealkylation sites (tertiary alicyclic amines) is 1. The molecule has 0 radical (unpaired) electrons. The number of anilines is 1. The van der Waals surface area contributed by atoms with Crippen LogP contribution in [0.4, 0.5) is 6.01 Å². The fraction of sp³-hybridized carbons (Fsp3) is 0.600. The molecule has 2 aliphatic heterocycles. The number of hydrogen-bond acceptors (Lipinski definition) is 5. The van der Waals surface area contributed by atoms with E-state index in [-0.39, 0.29) is 5.92 Å². The molecule has 0 aliphatic carbocycles. The molecule has 0 spiro atoms. The highest BCUT2D eigenvalue weighted by molar-refractivity contribution is 6.31. The van der Waals surface area contributed by atoms with Crippen LogP contribution in [0.1, 0.15) is 25.7 Å². The number of nitrogens with zero attached hydrogens (tertiary/aromatic N) is 4. The van der Waals surface area contributed by atoms with Gasteiger partial charge in [-0.3, -0.25) is 4.79 Å². The van der Waals surface area contributed by atoms with E-state index >= 15 is 0 Å². The maximum Gasteiger partial charge on any atom is 0.298 e. The van der Waals surface area contributed by atoms with Crippen LogP contribution in [0, 0.1) is 5.92 Å². The molecule has 1 amide bonds. The van der Waals surface area contributed by atoms with Gasteiger partial charge < -0.3 is 19.1 Å². The lowest BCUT2D eigenvalue weighted by molar-refractivity contribution is -0.138. The first-order valence-corrected chi connectivity index (χ1v) is 10.2. The second-order valence-corrected chi connectivity index (χ2v) is 8.35. The molecule has 4 rings (SSSR count). The molecule has 1 unspecified atom stereocenters. The number of rotatable bonds is 3. The van der Waals surface area contributed by atoms with Crippen molar-refractivity contribution in [1.29, 1.82) is 0 Å². The van der Waals surface area contributed by atoms with Crippen LogP contribution in [0.15, 0.2) is 22.6 Å².